The van der Waals surface area contributed by atoms with Crippen LogP contribution in [0.2, 0.25) is 5.02 Å². The zero-order chi connectivity index (χ0) is 31.3. The van der Waals surface area contributed by atoms with Crippen molar-refractivity contribution in [1.82, 2.24) is 9.80 Å². The van der Waals surface area contributed by atoms with Crippen LogP contribution in [0.4, 0.5) is 10.5 Å². The number of likely N-dealkylation sites (tertiary alicyclic amines) is 1. The molecule has 4 rings (SSSR count). The average Bonchev–Trinajstić information content (AvgIpc) is 3.41. The van der Waals surface area contributed by atoms with Crippen LogP contribution in [0.15, 0.2) is 36.4 Å². The van der Waals surface area contributed by atoms with Gasteiger partial charge in [-0.3, -0.25) is 14.5 Å². The molecule has 0 unspecified atom stereocenters. The van der Waals surface area contributed by atoms with Crippen molar-refractivity contribution in [2.24, 2.45) is 5.73 Å². The Morgan fingerprint density at radius 1 is 1.09 bits per heavy atom. The lowest BCUT2D eigenvalue weighted by Gasteiger charge is -2.36. The Bertz CT molecular complexity index is 1380. The predicted molar refractivity (Wildman–Crippen MR) is 167 cm³/mol. The van der Waals surface area contributed by atoms with Gasteiger partial charge in [0.05, 0.1) is 18.2 Å². The fourth-order valence-electron chi connectivity index (χ4n) is 5.36. The number of ether oxygens (including phenoxy) is 2. The second-order valence-electron chi connectivity index (χ2n) is 11.8. The van der Waals surface area contributed by atoms with Gasteiger partial charge in [-0.05, 0) is 83.0 Å². The van der Waals surface area contributed by atoms with Crippen LogP contribution in [0.25, 0.3) is 6.08 Å². The number of rotatable bonds is 9. The van der Waals surface area contributed by atoms with E-state index in [1.54, 1.807) is 17.0 Å². The molecule has 0 bridgehead atoms. The quantitative estimate of drug-likeness (QED) is 0.304. The zero-order valence-electron chi connectivity index (χ0n) is 25.3. The number of nitrogens with two attached hydrogens (primary N) is 1. The Morgan fingerprint density at radius 2 is 1.81 bits per heavy atom. The van der Waals surface area contributed by atoms with Crippen LogP contribution in [0.1, 0.15) is 62.0 Å². The minimum Gasteiger partial charge on any atom is -0.507 e. The number of hydrogen-bond donors (Lipinski definition) is 2. The molecule has 0 spiro atoms. The summed E-state index contributed by atoms with van der Waals surface area (Å²) in [6, 6.07) is 8.29. The molecular weight excluding hydrogens is 572 g/mol. The summed E-state index contributed by atoms with van der Waals surface area (Å²) < 4.78 is 11.2. The van der Waals surface area contributed by atoms with E-state index in [0.29, 0.717) is 74.2 Å². The number of allylic oxidation sites excluding steroid dienone is 1. The Morgan fingerprint density at radius 3 is 2.44 bits per heavy atom. The van der Waals surface area contributed by atoms with E-state index in [2.05, 4.69) is 4.90 Å². The fraction of sp³-hybridized carbons (Fsp3) is 0.469. The molecule has 2 aliphatic rings. The lowest BCUT2D eigenvalue weighted by Crippen LogP contribution is -2.50. The maximum absolute atomic E-state index is 13.2. The molecule has 1 atom stereocenters. The van der Waals surface area contributed by atoms with Crippen LogP contribution < -0.4 is 15.4 Å². The number of ketones is 1. The molecule has 11 heteroatoms. The van der Waals surface area contributed by atoms with Crippen molar-refractivity contribution in [1.29, 1.82) is 0 Å². The number of nitrogens with zero attached hydrogens (tertiary/aromatic N) is 3. The monoisotopic (exact) mass is 612 g/mol. The van der Waals surface area contributed by atoms with Crippen molar-refractivity contribution >= 4 is 41.1 Å². The Hall–Kier alpha value is -3.76. The molecule has 2 fully saturated rings. The van der Waals surface area contributed by atoms with Gasteiger partial charge in [-0.15, -0.1) is 0 Å². The van der Waals surface area contributed by atoms with Crippen molar-refractivity contribution in [3.8, 4) is 11.5 Å². The molecule has 2 aromatic carbocycles. The average molecular weight is 613 g/mol. The number of benzene rings is 2. The van der Waals surface area contributed by atoms with Crippen LogP contribution >= 0.6 is 11.6 Å². The van der Waals surface area contributed by atoms with Crippen molar-refractivity contribution in [2.75, 3.05) is 44.2 Å². The van der Waals surface area contributed by atoms with Gasteiger partial charge in [0.25, 0.3) is 0 Å². The summed E-state index contributed by atoms with van der Waals surface area (Å²) in [5.41, 5.74) is 7.44. The van der Waals surface area contributed by atoms with E-state index in [9.17, 15) is 19.5 Å². The summed E-state index contributed by atoms with van der Waals surface area (Å²) in [6.07, 6.45) is 4.22. The van der Waals surface area contributed by atoms with Gasteiger partial charge in [0.2, 0.25) is 5.91 Å². The van der Waals surface area contributed by atoms with Gasteiger partial charge in [-0.2, -0.15) is 0 Å². The highest BCUT2D eigenvalue weighted by atomic mass is 35.5. The molecule has 10 nitrogen and oxygen atoms in total. The molecule has 0 aliphatic carbocycles. The number of carbonyl (C=O) groups is 3. The first-order chi connectivity index (χ1) is 20.4. The van der Waals surface area contributed by atoms with Gasteiger partial charge in [-0.1, -0.05) is 17.7 Å². The van der Waals surface area contributed by atoms with Crippen molar-refractivity contribution in [2.45, 2.75) is 58.7 Å². The number of piperazine rings is 1. The maximum atomic E-state index is 13.2. The van der Waals surface area contributed by atoms with Crippen LogP contribution in [0.5, 0.6) is 11.5 Å². The number of hydrogen-bond acceptors (Lipinski definition) is 8. The SMILES string of the molecule is CCOc1cc(O)c(C(=O)/C=C/c2ccc(N3CCN(C(=O)OC(C)(C)C)CC3)cc2Cl)cc1CN1CCC[C@H]1C(N)=O. The molecule has 0 saturated carbocycles. The molecule has 2 saturated heterocycles. The summed E-state index contributed by atoms with van der Waals surface area (Å²) in [6.45, 7) is 11.2. The van der Waals surface area contributed by atoms with Gasteiger partial charge >= 0.3 is 6.09 Å². The molecule has 3 N–H and O–H groups in total. The number of aromatic hydroxyl groups is 1. The van der Waals surface area contributed by atoms with E-state index in [1.807, 2.05) is 50.8 Å². The van der Waals surface area contributed by atoms with Gasteiger partial charge in [0.1, 0.15) is 17.1 Å². The topological polar surface area (TPSA) is 126 Å². The third-order valence-corrected chi connectivity index (χ3v) is 7.83. The molecule has 2 amide bonds. The normalized spacial score (nSPS) is 17.8. The van der Waals surface area contributed by atoms with E-state index in [1.165, 1.54) is 12.1 Å². The minimum absolute atomic E-state index is 0.125. The molecule has 0 radical (unpaired) electrons. The van der Waals surface area contributed by atoms with Crippen LogP contribution in [0.3, 0.4) is 0 Å². The van der Waals surface area contributed by atoms with Gasteiger partial charge in [-0.25, -0.2) is 4.79 Å². The molecular formula is C32H41ClN4O6. The molecule has 2 heterocycles. The maximum Gasteiger partial charge on any atom is 0.410 e. The largest absolute Gasteiger partial charge is 0.507 e. The van der Waals surface area contributed by atoms with Crippen molar-refractivity contribution in [3.63, 3.8) is 0 Å². The summed E-state index contributed by atoms with van der Waals surface area (Å²) >= 11 is 6.59. The first kappa shape index (κ1) is 32.2. The van der Waals surface area contributed by atoms with E-state index >= 15 is 0 Å². The number of halogens is 1. The number of anilines is 1. The second-order valence-corrected chi connectivity index (χ2v) is 12.2. The number of phenols is 1. The summed E-state index contributed by atoms with van der Waals surface area (Å²) in [5, 5.41) is 11.1. The van der Waals surface area contributed by atoms with Crippen LogP contribution in [-0.2, 0) is 16.1 Å². The van der Waals surface area contributed by atoms with E-state index in [-0.39, 0.29) is 29.4 Å². The molecule has 2 aromatic rings. The van der Waals surface area contributed by atoms with Gasteiger partial charge in [0, 0.05) is 55.1 Å². The Balaban J connectivity index is 1.44. The lowest BCUT2D eigenvalue weighted by atomic mass is 10.0. The van der Waals surface area contributed by atoms with E-state index in [0.717, 1.165) is 12.1 Å². The first-order valence-electron chi connectivity index (χ1n) is 14.6. The van der Waals surface area contributed by atoms with E-state index in [4.69, 9.17) is 26.8 Å². The Kier molecular flexibility index (Phi) is 10.2. The third-order valence-electron chi connectivity index (χ3n) is 7.50. The summed E-state index contributed by atoms with van der Waals surface area (Å²) in [4.78, 5) is 43.3. The fourth-order valence-corrected chi connectivity index (χ4v) is 5.60. The number of amides is 2. The predicted octanol–water partition coefficient (Wildman–Crippen LogP) is 4.85. The molecule has 232 valence electrons. The first-order valence-corrected chi connectivity index (χ1v) is 15.0. The van der Waals surface area contributed by atoms with Gasteiger partial charge < -0.3 is 30.1 Å². The van der Waals surface area contributed by atoms with Crippen molar-refractivity contribution < 1.29 is 29.0 Å². The smallest absolute Gasteiger partial charge is 0.410 e. The molecule has 43 heavy (non-hydrogen) atoms. The zero-order valence-corrected chi connectivity index (χ0v) is 26.0. The Labute approximate surface area is 258 Å². The molecule has 0 aromatic heterocycles. The third kappa shape index (κ3) is 8.20. The highest BCUT2D eigenvalue weighted by molar-refractivity contribution is 6.32. The van der Waals surface area contributed by atoms with Crippen LogP contribution in [0, 0.1) is 0 Å². The highest BCUT2D eigenvalue weighted by Gasteiger charge is 2.30. The standard InChI is InChI=1S/C32H41ClN4O6/c1-5-42-29-19-28(39)24(17-22(29)20-37-12-6-7-26(37)30(34)40)27(38)11-9-21-8-10-23(18-25(21)33)35-13-15-36(16-14-35)31(41)43-32(2,3)4/h8-11,17-19,26,39H,5-7,12-16,20H2,1-4H3,(H2,34,40)/b11-9+/t26-/m0/s1. The minimum atomic E-state index is -0.538. The number of phenolic OH excluding ortho intramolecular Hbond substituents is 1. The summed E-state index contributed by atoms with van der Waals surface area (Å²) in [5.74, 6) is -0.504. The summed E-state index contributed by atoms with van der Waals surface area (Å²) in [7, 11) is 0. The van der Waals surface area contributed by atoms with Crippen LogP contribution in [-0.4, -0.2) is 83.7 Å². The number of carbonyl (C=O) groups excluding carboxylic acids is 3. The highest BCUT2D eigenvalue weighted by Crippen LogP contribution is 2.32. The molecule has 2 aliphatic heterocycles. The lowest BCUT2D eigenvalue weighted by molar-refractivity contribution is -0.122. The van der Waals surface area contributed by atoms with Crippen molar-refractivity contribution in [3.05, 3.63) is 58.1 Å². The number of primary amides is 1. The van der Waals surface area contributed by atoms with Gasteiger partial charge in [0.15, 0.2) is 5.78 Å². The second kappa shape index (κ2) is 13.7. The van der Waals surface area contributed by atoms with E-state index < -0.39 is 11.4 Å².